The number of rotatable bonds is 6. The quantitative estimate of drug-likeness (QED) is 0.727. The Kier molecular flexibility index (Phi) is 4.94. The van der Waals surface area contributed by atoms with Crippen LogP contribution < -0.4 is 4.72 Å². The highest BCUT2D eigenvalue weighted by Crippen LogP contribution is 2.19. The highest BCUT2D eigenvalue weighted by atomic mass is 35.5. The van der Waals surface area contributed by atoms with Crippen molar-refractivity contribution in [2.24, 2.45) is 0 Å². The van der Waals surface area contributed by atoms with Crippen molar-refractivity contribution in [2.45, 2.75) is 12.3 Å². The molecule has 0 aliphatic rings. The summed E-state index contributed by atoms with van der Waals surface area (Å²) >= 11 is 5.92. The first-order valence-electron chi connectivity index (χ1n) is 7.12. The molecule has 1 heterocycles. The normalized spacial score (nSPS) is 11.5. The van der Waals surface area contributed by atoms with Gasteiger partial charge in [0.25, 0.3) is 0 Å². The average molecular weight is 364 g/mol. The Balaban J connectivity index is 1.65. The molecule has 124 valence electrons. The van der Waals surface area contributed by atoms with Gasteiger partial charge in [0.1, 0.15) is 0 Å². The SMILES string of the molecule is O=S(=O)(Cc1ccccc1)NCc1nc(-c2cccc(Cl)c2)no1. The van der Waals surface area contributed by atoms with Gasteiger partial charge >= 0.3 is 0 Å². The zero-order valence-corrected chi connectivity index (χ0v) is 14.1. The second-order valence-electron chi connectivity index (χ2n) is 5.09. The van der Waals surface area contributed by atoms with E-state index < -0.39 is 10.0 Å². The second kappa shape index (κ2) is 7.12. The van der Waals surface area contributed by atoms with E-state index in [4.69, 9.17) is 16.1 Å². The fourth-order valence-electron chi connectivity index (χ4n) is 2.09. The third-order valence-electron chi connectivity index (χ3n) is 3.19. The first-order valence-corrected chi connectivity index (χ1v) is 9.15. The molecule has 0 unspecified atom stereocenters. The minimum atomic E-state index is -3.49. The lowest BCUT2D eigenvalue weighted by atomic mass is 10.2. The fraction of sp³-hybridized carbons (Fsp3) is 0.125. The maximum absolute atomic E-state index is 12.1. The number of nitrogens with zero attached hydrogens (tertiary/aromatic N) is 2. The molecular weight excluding hydrogens is 350 g/mol. The number of halogens is 1. The van der Waals surface area contributed by atoms with Crippen LogP contribution in [0.5, 0.6) is 0 Å². The third-order valence-corrected chi connectivity index (χ3v) is 4.73. The molecule has 0 spiro atoms. The van der Waals surface area contributed by atoms with Crippen LogP contribution in [0.15, 0.2) is 59.1 Å². The zero-order valence-electron chi connectivity index (χ0n) is 12.5. The fourth-order valence-corrected chi connectivity index (χ4v) is 3.35. The van der Waals surface area contributed by atoms with E-state index in [2.05, 4.69) is 14.9 Å². The van der Waals surface area contributed by atoms with E-state index in [1.165, 1.54) is 0 Å². The molecule has 0 atom stereocenters. The van der Waals surface area contributed by atoms with Crippen LogP contribution in [-0.4, -0.2) is 18.6 Å². The maximum Gasteiger partial charge on any atom is 0.242 e. The van der Waals surface area contributed by atoms with Gasteiger partial charge < -0.3 is 4.52 Å². The molecule has 24 heavy (non-hydrogen) atoms. The number of hydrogen-bond donors (Lipinski definition) is 1. The van der Waals surface area contributed by atoms with Crippen LogP contribution in [-0.2, 0) is 22.3 Å². The number of nitrogens with one attached hydrogen (secondary N) is 1. The Morgan fingerprint density at radius 2 is 1.88 bits per heavy atom. The Hall–Kier alpha value is -2.22. The molecular formula is C16H14ClN3O3S. The van der Waals surface area contributed by atoms with E-state index >= 15 is 0 Å². The molecule has 0 saturated heterocycles. The summed E-state index contributed by atoms with van der Waals surface area (Å²) in [7, 11) is -3.49. The molecule has 0 saturated carbocycles. The summed E-state index contributed by atoms with van der Waals surface area (Å²) < 4.78 is 31.7. The van der Waals surface area contributed by atoms with Crippen molar-refractivity contribution in [3.63, 3.8) is 0 Å². The van der Waals surface area contributed by atoms with Gasteiger partial charge in [-0.1, -0.05) is 59.2 Å². The molecule has 0 aliphatic heterocycles. The van der Waals surface area contributed by atoms with E-state index in [1.807, 2.05) is 6.07 Å². The predicted octanol–water partition coefficient (Wildman–Crippen LogP) is 3.01. The van der Waals surface area contributed by atoms with Crippen LogP contribution in [0.3, 0.4) is 0 Å². The van der Waals surface area contributed by atoms with Gasteiger partial charge in [0, 0.05) is 10.6 Å². The predicted molar refractivity (Wildman–Crippen MR) is 90.6 cm³/mol. The molecule has 3 rings (SSSR count). The molecule has 0 amide bonds. The Bertz CT molecular complexity index is 927. The largest absolute Gasteiger partial charge is 0.338 e. The molecule has 0 radical (unpaired) electrons. The van der Waals surface area contributed by atoms with Crippen molar-refractivity contribution in [1.29, 1.82) is 0 Å². The average Bonchev–Trinajstić information content (AvgIpc) is 3.03. The Morgan fingerprint density at radius 1 is 1.08 bits per heavy atom. The van der Waals surface area contributed by atoms with Gasteiger partial charge in [-0.05, 0) is 17.7 Å². The Labute approximate surface area is 144 Å². The van der Waals surface area contributed by atoms with Gasteiger partial charge in [0.05, 0.1) is 12.3 Å². The van der Waals surface area contributed by atoms with Gasteiger partial charge in [0.2, 0.25) is 21.7 Å². The summed E-state index contributed by atoms with van der Waals surface area (Å²) in [6.07, 6.45) is 0. The molecule has 0 fully saturated rings. The van der Waals surface area contributed by atoms with Gasteiger partial charge in [-0.3, -0.25) is 0 Å². The molecule has 1 aromatic heterocycles. The minimum Gasteiger partial charge on any atom is -0.338 e. The van der Waals surface area contributed by atoms with Crippen LogP contribution >= 0.6 is 11.6 Å². The first-order chi connectivity index (χ1) is 11.5. The summed E-state index contributed by atoms with van der Waals surface area (Å²) in [5.74, 6) is 0.430. The minimum absolute atomic E-state index is 0.0667. The van der Waals surface area contributed by atoms with Gasteiger partial charge in [-0.25, -0.2) is 13.1 Å². The van der Waals surface area contributed by atoms with Crippen LogP contribution in [0.1, 0.15) is 11.5 Å². The van der Waals surface area contributed by atoms with E-state index in [-0.39, 0.29) is 18.2 Å². The van der Waals surface area contributed by atoms with Crippen LogP contribution in [0.2, 0.25) is 5.02 Å². The van der Waals surface area contributed by atoms with E-state index in [0.717, 1.165) is 0 Å². The molecule has 0 bridgehead atoms. The van der Waals surface area contributed by atoms with Crippen molar-refractivity contribution in [2.75, 3.05) is 0 Å². The zero-order chi connectivity index (χ0) is 17.0. The number of hydrogen-bond acceptors (Lipinski definition) is 5. The van der Waals surface area contributed by atoms with E-state index in [9.17, 15) is 8.42 Å². The summed E-state index contributed by atoms with van der Waals surface area (Å²) in [6.45, 7) is -0.0667. The van der Waals surface area contributed by atoms with Crippen molar-refractivity contribution >= 4 is 21.6 Å². The second-order valence-corrected chi connectivity index (χ2v) is 7.33. The third kappa shape index (κ3) is 4.41. The molecule has 2 aromatic carbocycles. The summed E-state index contributed by atoms with van der Waals surface area (Å²) in [6, 6.07) is 15.9. The van der Waals surface area contributed by atoms with Crippen molar-refractivity contribution in [1.82, 2.24) is 14.9 Å². The lowest BCUT2D eigenvalue weighted by Crippen LogP contribution is -2.24. The van der Waals surface area contributed by atoms with Gasteiger partial charge in [-0.15, -0.1) is 0 Å². The van der Waals surface area contributed by atoms with Gasteiger partial charge in [-0.2, -0.15) is 4.98 Å². The summed E-state index contributed by atoms with van der Waals surface area (Å²) in [5.41, 5.74) is 1.40. The molecule has 6 nitrogen and oxygen atoms in total. The van der Waals surface area contributed by atoms with Crippen LogP contribution in [0, 0.1) is 0 Å². The van der Waals surface area contributed by atoms with Crippen LogP contribution in [0.4, 0.5) is 0 Å². The smallest absolute Gasteiger partial charge is 0.242 e. The number of sulfonamides is 1. The van der Waals surface area contributed by atoms with E-state index in [0.29, 0.717) is 22.0 Å². The summed E-state index contributed by atoms with van der Waals surface area (Å²) in [5, 5.41) is 4.39. The Morgan fingerprint density at radius 3 is 2.62 bits per heavy atom. The highest BCUT2D eigenvalue weighted by molar-refractivity contribution is 7.88. The van der Waals surface area contributed by atoms with Gasteiger partial charge in [0.15, 0.2) is 0 Å². The van der Waals surface area contributed by atoms with Crippen LogP contribution in [0.25, 0.3) is 11.4 Å². The standard InChI is InChI=1S/C16H14ClN3O3S/c17-14-8-4-7-13(9-14)16-19-15(23-20-16)10-18-24(21,22)11-12-5-2-1-3-6-12/h1-9,18H,10-11H2. The number of benzene rings is 2. The van der Waals surface area contributed by atoms with Crippen molar-refractivity contribution < 1.29 is 12.9 Å². The summed E-state index contributed by atoms with van der Waals surface area (Å²) in [4.78, 5) is 4.17. The van der Waals surface area contributed by atoms with Crippen molar-refractivity contribution in [3.8, 4) is 11.4 Å². The monoisotopic (exact) mass is 363 g/mol. The molecule has 0 aliphatic carbocycles. The lowest BCUT2D eigenvalue weighted by Gasteiger charge is -2.04. The molecule has 3 aromatic rings. The topological polar surface area (TPSA) is 85.1 Å². The maximum atomic E-state index is 12.1. The lowest BCUT2D eigenvalue weighted by molar-refractivity contribution is 0.376. The van der Waals surface area contributed by atoms with E-state index in [1.54, 1.807) is 48.5 Å². The first kappa shape index (κ1) is 16.6. The van der Waals surface area contributed by atoms with Crippen molar-refractivity contribution in [3.05, 3.63) is 71.1 Å². The molecule has 8 heteroatoms. The molecule has 1 N–H and O–H groups in total. The number of aromatic nitrogens is 2. The highest BCUT2D eigenvalue weighted by Gasteiger charge is 2.14.